The second-order valence-electron chi connectivity index (χ2n) is 5.78. The third-order valence-electron chi connectivity index (χ3n) is 4.54. The molecule has 17 heavy (non-hydrogen) atoms. The summed E-state index contributed by atoms with van der Waals surface area (Å²) in [5.41, 5.74) is 5.28. The average molecular weight is 239 g/mol. The minimum atomic E-state index is -0.203. The lowest BCUT2D eigenvalue weighted by Crippen LogP contribution is -2.55. The second kappa shape index (κ2) is 5.36. The molecule has 0 saturated carbocycles. The molecular weight excluding hydrogens is 214 g/mol. The van der Waals surface area contributed by atoms with Crippen LogP contribution in [0.2, 0.25) is 0 Å². The summed E-state index contributed by atoms with van der Waals surface area (Å²) in [6.07, 6.45) is 6.48. The normalized spacial score (nSPS) is 35.5. The van der Waals surface area contributed by atoms with Gasteiger partial charge in [-0.2, -0.15) is 0 Å². The van der Waals surface area contributed by atoms with Crippen LogP contribution in [0, 0.1) is 5.92 Å². The minimum absolute atomic E-state index is 0.0607. The third-order valence-corrected chi connectivity index (χ3v) is 4.54. The van der Waals surface area contributed by atoms with Gasteiger partial charge in [0.1, 0.15) is 0 Å². The van der Waals surface area contributed by atoms with Gasteiger partial charge in [0.05, 0.1) is 0 Å². The highest BCUT2D eigenvalue weighted by Gasteiger charge is 2.35. The second-order valence-corrected chi connectivity index (χ2v) is 5.78. The molecule has 4 heteroatoms. The van der Waals surface area contributed by atoms with Crippen molar-refractivity contribution in [2.24, 2.45) is 11.7 Å². The lowest BCUT2D eigenvalue weighted by molar-refractivity contribution is -0.121. The molecule has 0 aromatic carbocycles. The Hall–Kier alpha value is -0.610. The van der Waals surface area contributed by atoms with Gasteiger partial charge in [0.2, 0.25) is 5.91 Å². The van der Waals surface area contributed by atoms with Gasteiger partial charge in [0.15, 0.2) is 0 Å². The van der Waals surface area contributed by atoms with E-state index in [1.165, 1.54) is 32.1 Å². The van der Waals surface area contributed by atoms with Gasteiger partial charge in [-0.05, 0) is 32.7 Å². The van der Waals surface area contributed by atoms with E-state index in [0.29, 0.717) is 6.04 Å². The van der Waals surface area contributed by atoms with Crippen molar-refractivity contribution < 1.29 is 4.79 Å². The summed E-state index contributed by atoms with van der Waals surface area (Å²) in [6.45, 7) is 2.62. The summed E-state index contributed by atoms with van der Waals surface area (Å²) in [4.78, 5) is 13.5. The van der Waals surface area contributed by atoms with Crippen LogP contribution < -0.4 is 11.1 Å². The molecule has 2 fully saturated rings. The number of fused-ring (bicyclic) bond motifs is 2. The minimum Gasteiger partial charge on any atom is -0.369 e. The Morgan fingerprint density at radius 2 is 2.00 bits per heavy atom. The van der Waals surface area contributed by atoms with Gasteiger partial charge in [0, 0.05) is 30.6 Å². The summed E-state index contributed by atoms with van der Waals surface area (Å²) in [7, 11) is 2.26. The Bertz CT molecular complexity index is 268. The first-order chi connectivity index (χ1) is 8.08. The smallest absolute Gasteiger partial charge is 0.221 e. The molecule has 0 spiro atoms. The molecule has 3 N–H and O–H groups in total. The van der Waals surface area contributed by atoms with E-state index in [-0.39, 0.29) is 11.8 Å². The van der Waals surface area contributed by atoms with Gasteiger partial charge in [-0.25, -0.2) is 0 Å². The van der Waals surface area contributed by atoms with Crippen LogP contribution >= 0.6 is 0 Å². The zero-order valence-corrected chi connectivity index (χ0v) is 11.0. The SMILES string of the molecule is CC(CNC1CC2CCCC(C1)N2C)C(N)=O. The van der Waals surface area contributed by atoms with E-state index in [1.807, 2.05) is 6.92 Å². The number of nitrogens with one attached hydrogen (secondary N) is 1. The summed E-state index contributed by atoms with van der Waals surface area (Å²) in [5, 5.41) is 3.52. The van der Waals surface area contributed by atoms with Crippen molar-refractivity contribution in [3.8, 4) is 0 Å². The monoisotopic (exact) mass is 239 g/mol. The van der Waals surface area contributed by atoms with Crippen molar-refractivity contribution in [2.45, 2.75) is 57.2 Å². The fraction of sp³-hybridized carbons (Fsp3) is 0.923. The molecular formula is C13H25N3O. The van der Waals surface area contributed by atoms with Crippen molar-refractivity contribution in [3.63, 3.8) is 0 Å². The molecule has 3 atom stereocenters. The number of nitrogens with two attached hydrogens (primary N) is 1. The fourth-order valence-corrected chi connectivity index (χ4v) is 3.23. The average Bonchev–Trinajstić information content (AvgIpc) is 2.26. The zero-order chi connectivity index (χ0) is 12.4. The quantitative estimate of drug-likeness (QED) is 0.760. The van der Waals surface area contributed by atoms with Crippen LogP contribution in [0.5, 0.6) is 0 Å². The maximum atomic E-state index is 11.0. The number of primary amides is 1. The Morgan fingerprint density at radius 1 is 1.41 bits per heavy atom. The number of hydrogen-bond acceptors (Lipinski definition) is 3. The highest BCUT2D eigenvalue weighted by atomic mass is 16.1. The number of piperidine rings is 2. The summed E-state index contributed by atoms with van der Waals surface area (Å²) in [5.74, 6) is -0.264. The maximum absolute atomic E-state index is 11.0. The van der Waals surface area contributed by atoms with Crippen molar-refractivity contribution in [2.75, 3.05) is 13.6 Å². The fourth-order valence-electron chi connectivity index (χ4n) is 3.23. The Morgan fingerprint density at radius 3 is 2.53 bits per heavy atom. The molecule has 1 amide bonds. The maximum Gasteiger partial charge on any atom is 0.221 e. The number of rotatable bonds is 4. The highest BCUT2D eigenvalue weighted by Crippen LogP contribution is 2.32. The van der Waals surface area contributed by atoms with Crippen LogP contribution in [0.25, 0.3) is 0 Å². The molecule has 2 aliphatic heterocycles. The molecule has 0 aliphatic carbocycles. The Kier molecular flexibility index (Phi) is 4.05. The van der Waals surface area contributed by atoms with E-state index in [0.717, 1.165) is 18.6 Å². The predicted octanol–water partition coefficient (Wildman–Crippen LogP) is 0.713. The molecule has 2 bridgehead atoms. The number of carbonyl (C=O) groups excluding carboxylic acids is 1. The van der Waals surface area contributed by atoms with E-state index in [9.17, 15) is 4.79 Å². The standard InChI is InChI=1S/C13H25N3O/c1-9(13(14)17)8-15-10-6-11-4-3-5-12(7-10)16(11)2/h9-12,15H,3-8H2,1-2H3,(H2,14,17). The van der Waals surface area contributed by atoms with Crippen molar-refractivity contribution >= 4 is 5.91 Å². The number of amides is 1. The lowest BCUT2D eigenvalue weighted by atomic mass is 9.82. The summed E-state index contributed by atoms with van der Waals surface area (Å²) in [6, 6.07) is 2.05. The van der Waals surface area contributed by atoms with Gasteiger partial charge >= 0.3 is 0 Å². The molecule has 0 aromatic rings. The summed E-state index contributed by atoms with van der Waals surface area (Å²) < 4.78 is 0. The molecule has 0 radical (unpaired) electrons. The van der Waals surface area contributed by atoms with Crippen LogP contribution in [-0.4, -0.2) is 42.5 Å². The molecule has 2 aliphatic rings. The number of nitrogens with zero attached hydrogens (tertiary/aromatic N) is 1. The van der Waals surface area contributed by atoms with Gasteiger partial charge in [-0.1, -0.05) is 13.3 Å². The third kappa shape index (κ3) is 2.99. The first-order valence-electron chi connectivity index (χ1n) is 6.82. The van der Waals surface area contributed by atoms with E-state index in [4.69, 9.17) is 5.73 Å². The highest BCUT2D eigenvalue weighted by molar-refractivity contribution is 5.76. The largest absolute Gasteiger partial charge is 0.369 e. The van der Waals surface area contributed by atoms with Gasteiger partial charge in [0.25, 0.3) is 0 Å². The number of carbonyl (C=O) groups is 1. The van der Waals surface area contributed by atoms with Crippen molar-refractivity contribution in [3.05, 3.63) is 0 Å². The van der Waals surface area contributed by atoms with Crippen molar-refractivity contribution in [1.29, 1.82) is 0 Å². The summed E-state index contributed by atoms with van der Waals surface area (Å²) >= 11 is 0. The zero-order valence-electron chi connectivity index (χ0n) is 11.0. The van der Waals surface area contributed by atoms with Gasteiger partial charge < -0.3 is 16.0 Å². The molecule has 2 saturated heterocycles. The molecule has 3 unspecified atom stereocenters. The first-order valence-corrected chi connectivity index (χ1v) is 6.82. The Balaban J connectivity index is 1.81. The topological polar surface area (TPSA) is 58.4 Å². The van der Waals surface area contributed by atoms with Crippen LogP contribution in [0.4, 0.5) is 0 Å². The molecule has 0 aromatic heterocycles. The molecule has 4 nitrogen and oxygen atoms in total. The Labute approximate surface area is 104 Å². The van der Waals surface area contributed by atoms with Crippen LogP contribution in [0.15, 0.2) is 0 Å². The first kappa shape index (κ1) is 12.8. The molecule has 2 rings (SSSR count). The molecule has 2 heterocycles. The van der Waals surface area contributed by atoms with Crippen molar-refractivity contribution in [1.82, 2.24) is 10.2 Å². The van der Waals surface area contributed by atoms with E-state index < -0.39 is 0 Å². The molecule has 98 valence electrons. The van der Waals surface area contributed by atoms with E-state index in [2.05, 4.69) is 17.3 Å². The van der Waals surface area contributed by atoms with Crippen LogP contribution in [0.3, 0.4) is 0 Å². The van der Waals surface area contributed by atoms with Gasteiger partial charge in [-0.3, -0.25) is 4.79 Å². The predicted molar refractivity (Wildman–Crippen MR) is 68.6 cm³/mol. The van der Waals surface area contributed by atoms with E-state index >= 15 is 0 Å². The van der Waals surface area contributed by atoms with Crippen LogP contribution in [-0.2, 0) is 4.79 Å². The lowest BCUT2D eigenvalue weighted by Gasteiger charge is -2.47. The van der Waals surface area contributed by atoms with E-state index in [1.54, 1.807) is 0 Å². The van der Waals surface area contributed by atoms with Crippen LogP contribution in [0.1, 0.15) is 39.0 Å². The van der Waals surface area contributed by atoms with Gasteiger partial charge in [-0.15, -0.1) is 0 Å². The number of hydrogen-bond donors (Lipinski definition) is 2.